The van der Waals surface area contributed by atoms with Crippen LogP contribution in [0, 0.1) is 12.7 Å². The quantitative estimate of drug-likeness (QED) is 0.633. The minimum absolute atomic E-state index is 0.0254. The number of halogens is 1. The molecule has 0 aromatic heterocycles. The molecule has 2 rings (SSSR count). The predicted molar refractivity (Wildman–Crippen MR) is 116 cm³/mol. The molecule has 0 fully saturated rings. The van der Waals surface area contributed by atoms with E-state index in [1.165, 1.54) is 24.3 Å². The Morgan fingerprint density at radius 1 is 1.07 bits per heavy atom. The third kappa shape index (κ3) is 6.58. The molecule has 0 bridgehead atoms. The van der Waals surface area contributed by atoms with Crippen LogP contribution in [0.3, 0.4) is 0 Å². The van der Waals surface area contributed by atoms with Crippen molar-refractivity contribution in [3.63, 3.8) is 0 Å². The fourth-order valence-electron chi connectivity index (χ4n) is 3.09. The molecule has 0 saturated carbocycles. The standard InChI is InChI=1S/C24H31FN2O3/c1-5-18(4)26-24(29)22(6-2)27(15-19-10-8-7-9-17(19)3)23(28)16-30-21-13-11-20(25)12-14-21/h7-14,18,22H,5-6,15-16H2,1-4H3,(H,26,29)/t18-,22+/m1/s1. The molecule has 2 amide bonds. The normalized spacial score (nSPS) is 12.7. The Kier molecular flexibility index (Phi) is 8.84. The van der Waals surface area contributed by atoms with Gasteiger partial charge in [-0.1, -0.05) is 38.1 Å². The van der Waals surface area contributed by atoms with E-state index >= 15 is 0 Å². The maximum atomic E-state index is 13.1. The van der Waals surface area contributed by atoms with Gasteiger partial charge in [-0.15, -0.1) is 0 Å². The minimum Gasteiger partial charge on any atom is -0.484 e. The molecule has 0 heterocycles. The Balaban J connectivity index is 2.21. The van der Waals surface area contributed by atoms with Gasteiger partial charge in [0.2, 0.25) is 5.91 Å². The number of nitrogens with zero attached hydrogens (tertiary/aromatic N) is 1. The fourth-order valence-corrected chi connectivity index (χ4v) is 3.09. The van der Waals surface area contributed by atoms with Gasteiger partial charge in [0.15, 0.2) is 6.61 Å². The van der Waals surface area contributed by atoms with Gasteiger partial charge < -0.3 is 15.0 Å². The summed E-state index contributed by atoms with van der Waals surface area (Å²) in [5.41, 5.74) is 2.02. The van der Waals surface area contributed by atoms with Crippen molar-refractivity contribution in [2.45, 2.75) is 59.2 Å². The van der Waals surface area contributed by atoms with Crippen LogP contribution >= 0.6 is 0 Å². The summed E-state index contributed by atoms with van der Waals surface area (Å²) in [4.78, 5) is 27.6. The van der Waals surface area contributed by atoms with Gasteiger partial charge in [0.1, 0.15) is 17.6 Å². The van der Waals surface area contributed by atoms with E-state index in [1.54, 1.807) is 4.90 Å². The van der Waals surface area contributed by atoms with Gasteiger partial charge in [0.25, 0.3) is 5.91 Å². The van der Waals surface area contributed by atoms with Crippen molar-refractivity contribution >= 4 is 11.8 Å². The number of hydrogen-bond donors (Lipinski definition) is 1. The second kappa shape index (κ2) is 11.3. The first-order valence-electron chi connectivity index (χ1n) is 10.4. The number of amides is 2. The average Bonchev–Trinajstić information content (AvgIpc) is 2.74. The van der Waals surface area contributed by atoms with Crippen LogP contribution in [0.4, 0.5) is 4.39 Å². The Labute approximate surface area is 178 Å². The van der Waals surface area contributed by atoms with E-state index in [9.17, 15) is 14.0 Å². The van der Waals surface area contributed by atoms with Gasteiger partial charge in [-0.3, -0.25) is 9.59 Å². The molecule has 0 saturated heterocycles. The summed E-state index contributed by atoms with van der Waals surface area (Å²) in [5.74, 6) is -0.440. The minimum atomic E-state index is -0.608. The highest BCUT2D eigenvalue weighted by Crippen LogP contribution is 2.17. The zero-order valence-electron chi connectivity index (χ0n) is 18.2. The molecule has 1 N–H and O–H groups in total. The zero-order chi connectivity index (χ0) is 22.1. The molecule has 0 aliphatic carbocycles. The number of benzene rings is 2. The summed E-state index contributed by atoms with van der Waals surface area (Å²) in [6.07, 6.45) is 1.29. The number of ether oxygens (including phenoxy) is 1. The molecular weight excluding hydrogens is 383 g/mol. The van der Waals surface area contributed by atoms with Crippen molar-refractivity contribution < 1.29 is 18.7 Å². The monoisotopic (exact) mass is 414 g/mol. The van der Waals surface area contributed by atoms with Crippen molar-refractivity contribution in [3.8, 4) is 5.75 Å². The third-order valence-electron chi connectivity index (χ3n) is 5.16. The van der Waals surface area contributed by atoms with E-state index in [1.807, 2.05) is 52.0 Å². The molecule has 0 spiro atoms. The lowest BCUT2D eigenvalue weighted by molar-refractivity contribution is -0.143. The SMILES string of the molecule is CC[C@@H](C)NC(=O)[C@H](CC)N(Cc1ccccc1C)C(=O)COc1ccc(F)cc1. The molecule has 2 atom stereocenters. The molecule has 0 radical (unpaired) electrons. The number of carbonyl (C=O) groups excluding carboxylic acids is 2. The molecule has 2 aromatic carbocycles. The summed E-state index contributed by atoms with van der Waals surface area (Å²) in [5, 5.41) is 2.98. The zero-order valence-corrected chi connectivity index (χ0v) is 18.2. The van der Waals surface area contributed by atoms with Crippen LogP contribution in [-0.2, 0) is 16.1 Å². The highest BCUT2D eigenvalue weighted by atomic mass is 19.1. The maximum Gasteiger partial charge on any atom is 0.261 e. The van der Waals surface area contributed by atoms with E-state index in [4.69, 9.17) is 4.74 Å². The number of carbonyl (C=O) groups is 2. The van der Waals surface area contributed by atoms with Crippen LogP contribution in [0.2, 0.25) is 0 Å². The first kappa shape index (κ1) is 23.4. The van der Waals surface area contributed by atoms with Crippen LogP contribution in [0.1, 0.15) is 44.7 Å². The Hall–Kier alpha value is -2.89. The average molecular weight is 415 g/mol. The van der Waals surface area contributed by atoms with Crippen molar-refractivity contribution in [2.75, 3.05) is 6.61 Å². The molecule has 0 aliphatic rings. The van der Waals surface area contributed by atoms with Crippen LogP contribution in [0.15, 0.2) is 48.5 Å². The molecule has 30 heavy (non-hydrogen) atoms. The first-order valence-corrected chi connectivity index (χ1v) is 10.4. The smallest absolute Gasteiger partial charge is 0.261 e. The first-order chi connectivity index (χ1) is 14.3. The van der Waals surface area contributed by atoms with Gasteiger partial charge in [0, 0.05) is 12.6 Å². The number of aryl methyl sites for hydroxylation is 1. The second-order valence-corrected chi connectivity index (χ2v) is 7.43. The molecule has 5 nitrogen and oxygen atoms in total. The molecular formula is C24H31FN2O3. The van der Waals surface area contributed by atoms with Gasteiger partial charge in [-0.05, 0) is 62.1 Å². The fraction of sp³-hybridized carbons (Fsp3) is 0.417. The van der Waals surface area contributed by atoms with Crippen molar-refractivity contribution in [3.05, 3.63) is 65.5 Å². The summed E-state index contributed by atoms with van der Waals surface area (Å²) >= 11 is 0. The Morgan fingerprint density at radius 2 is 1.73 bits per heavy atom. The van der Waals surface area contributed by atoms with Crippen LogP contribution < -0.4 is 10.1 Å². The van der Waals surface area contributed by atoms with Gasteiger partial charge in [0.05, 0.1) is 0 Å². The summed E-state index contributed by atoms with van der Waals surface area (Å²) in [7, 11) is 0. The molecule has 2 aromatic rings. The van der Waals surface area contributed by atoms with E-state index in [0.717, 1.165) is 17.5 Å². The molecule has 0 unspecified atom stereocenters. The van der Waals surface area contributed by atoms with E-state index in [-0.39, 0.29) is 30.3 Å². The van der Waals surface area contributed by atoms with Crippen molar-refractivity contribution in [2.24, 2.45) is 0 Å². The highest BCUT2D eigenvalue weighted by Gasteiger charge is 2.29. The Bertz CT molecular complexity index is 839. The van der Waals surface area contributed by atoms with Crippen LogP contribution in [0.25, 0.3) is 0 Å². The highest BCUT2D eigenvalue weighted by molar-refractivity contribution is 5.88. The summed E-state index contributed by atoms with van der Waals surface area (Å²) < 4.78 is 18.7. The number of nitrogens with one attached hydrogen (secondary N) is 1. The van der Waals surface area contributed by atoms with Crippen LogP contribution in [-0.4, -0.2) is 35.4 Å². The Morgan fingerprint density at radius 3 is 2.33 bits per heavy atom. The lowest BCUT2D eigenvalue weighted by Gasteiger charge is -2.31. The van der Waals surface area contributed by atoms with Gasteiger partial charge >= 0.3 is 0 Å². The van der Waals surface area contributed by atoms with Gasteiger partial charge in [-0.25, -0.2) is 4.39 Å². The number of rotatable bonds is 10. The van der Waals surface area contributed by atoms with Crippen LogP contribution in [0.5, 0.6) is 5.75 Å². The topological polar surface area (TPSA) is 58.6 Å². The van der Waals surface area contributed by atoms with E-state index < -0.39 is 6.04 Å². The summed E-state index contributed by atoms with van der Waals surface area (Å²) in [6, 6.07) is 12.7. The maximum absolute atomic E-state index is 13.1. The molecule has 6 heteroatoms. The molecule has 0 aliphatic heterocycles. The number of hydrogen-bond acceptors (Lipinski definition) is 3. The van der Waals surface area contributed by atoms with Crippen molar-refractivity contribution in [1.29, 1.82) is 0 Å². The third-order valence-corrected chi connectivity index (χ3v) is 5.16. The second-order valence-electron chi connectivity index (χ2n) is 7.43. The predicted octanol–water partition coefficient (Wildman–Crippen LogP) is 4.24. The lowest BCUT2D eigenvalue weighted by Crippen LogP contribution is -2.51. The van der Waals surface area contributed by atoms with Gasteiger partial charge in [-0.2, -0.15) is 0 Å². The molecule has 162 valence electrons. The largest absolute Gasteiger partial charge is 0.484 e. The summed E-state index contributed by atoms with van der Waals surface area (Å²) in [6.45, 7) is 7.89. The van der Waals surface area contributed by atoms with E-state index in [2.05, 4.69) is 5.32 Å². The van der Waals surface area contributed by atoms with E-state index in [0.29, 0.717) is 18.7 Å². The van der Waals surface area contributed by atoms with Crippen molar-refractivity contribution in [1.82, 2.24) is 10.2 Å². The lowest BCUT2D eigenvalue weighted by atomic mass is 10.1.